The molecule has 2 aromatic heterocycles. The van der Waals surface area contributed by atoms with Crippen molar-refractivity contribution in [3.05, 3.63) is 41.8 Å². The van der Waals surface area contributed by atoms with Crippen LogP contribution in [0, 0.1) is 0 Å². The zero-order valence-electron chi connectivity index (χ0n) is 10.1. The van der Waals surface area contributed by atoms with Crippen LogP contribution in [-0.2, 0) is 11.0 Å². The predicted octanol–water partition coefficient (Wildman–Crippen LogP) is 1.87. The van der Waals surface area contributed by atoms with E-state index < -0.39 is 24.0 Å². The van der Waals surface area contributed by atoms with Gasteiger partial charge in [-0.05, 0) is 18.2 Å². The number of hydrogen-bond donors (Lipinski definition) is 2. The van der Waals surface area contributed by atoms with Crippen molar-refractivity contribution < 1.29 is 27.5 Å². The van der Waals surface area contributed by atoms with E-state index in [1.54, 1.807) is 0 Å². The summed E-state index contributed by atoms with van der Waals surface area (Å²) in [5, 5.41) is 14.7. The van der Waals surface area contributed by atoms with Crippen LogP contribution in [0.4, 0.5) is 19.1 Å². The highest BCUT2D eigenvalue weighted by Gasteiger charge is 2.39. The lowest BCUT2D eigenvalue weighted by atomic mass is 10.1. The molecular weight excluding hydrogens is 293 g/mol. The van der Waals surface area contributed by atoms with Gasteiger partial charge in [-0.15, -0.1) is 5.10 Å². The summed E-state index contributed by atoms with van der Waals surface area (Å²) in [6.07, 6.45) is -2.21. The van der Waals surface area contributed by atoms with E-state index in [0.29, 0.717) is 0 Å². The Morgan fingerprint density at radius 1 is 1.48 bits per heavy atom. The number of aromatic nitrogens is 3. The lowest BCUT2D eigenvalue weighted by molar-refractivity contribution is -0.145. The molecule has 0 radical (unpaired) electrons. The molecule has 0 saturated carbocycles. The number of carboxylic acids is 1. The van der Waals surface area contributed by atoms with E-state index in [9.17, 15) is 18.0 Å². The summed E-state index contributed by atoms with van der Waals surface area (Å²) in [6, 6.07) is 2.11. The maximum Gasteiger partial charge on any atom is 0.453 e. The molecule has 1 aliphatic rings. The molecule has 0 bridgehead atoms. The summed E-state index contributed by atoms with van der Waals surface area (Å²) < 4.78 is 44.1. The van der Waals surface area contributed by atoms with E-state index in [2.05, 4.69) is 15.4 Å². The molecule has 0 spiro atoms. The third kappa shape index (κ3) is 2.24. The third-order valence-electron chi connectivity index (χ3n) is 2.78. The zero-order valence-corrected chi connectivity index (χ0v) is 10.1. The predicted molar refractivity (Wildman–Crippen MR) is 61.2 cm³/mol. The van der Waals surface area contributed by atoms with E-state index >= 15 is 0 Å². The lowest BCUT2D eigenvalue weighted by Gasteiger charge is -2.20. The minimum Gasteiger partial charge on any atom is -0.477 e. The number of fused-ring (bicyclic) bond motifs is 1. The minimum absolute atomic E-state index is 0.245. The van der Waals surface area contributed by atoms with Crippen molar-refractivity contribution in [2.75, 3.05) is 5.32 Å². The first-order valence-electron chi connectivity index (χ1n) is 5.65. The molecule has 0 aliphatic carbocycles. The molecule has 3 rings (SSSR count). The molecule has 2 aromatic rings. The Balaban J connectivity index is 2.11. The highest BCUT2D eigenvalue weighted by Crippen LogP contribution is 2.33. The average molecular weight is 300 g/mol. The van der Waals surface area contributed by atoms with Crippen LogP contribution in [0.3, 0.4) is 0 Å². The molecule has 2 N–H and O–H groups in total. The Bertz CT molecular complexity index is 718. The second kappa shape index (κ2) is 4.36. The van der Waals surface area contributed by atoms with Crippen molar-refractivity contribution in [2.45, 2.75) is 12.2 Å². The summed E-state index contributed by atoms with van der Waals surface area (Å²) in [7, 11) is 0. The molecule has 110 valence electrons. The quantitative estimate of drug-likeness (QED) is 0.879. The van der Waals surface area contributed by atoms with Gasteiger partial charge in [0.05, 0.1) is 6.26 Å². The maximum absolute atomic E-state index is 12.7. The van der Waals surface area contributed by atoms with Crippen LogP contribution in [0.25, 0.3) is 0 Å². The SMILES string of the molecule is O=C(O)C1=C[C@@H](c2ccco2)n2nc(C(F)(F)F)nc2N1. The molecule has 0 fully saturated rings. The Hall–Kier alpha value is -2.78. The van der Waals surface area contributed by atoms with Crippen LogP contribution >= 0.6 is 0 Å². The topological polar surface area (TPSA) is 93.2 Å². The standard InChI is InChI=1S/C11H7F3N4O3/c12-11(13,14)9-16-10-15-5(8(19)20)4-6(18(10)17-9)7-2-1-3-21-7/h1-4,6H,(H,19,20)(H,15,16,17)/t6-/m0/s1. The first-order chi connectivity index (χ1) is 9.86. The number of carbonyl (C=O) groups is 1. The zero-order chi connectivity index (χ0) is 15.2. The number of halogens is 3. The fourth-order valence-electron chi connectivity index (χ4n) is 1.90. The maximum atomic E-state index is 12.7. The van der Waals surface area contributed by atoms with Gasteiger partial charge >= 0.3 is 12.1 Å². The van der Waals surface area contributed by atoms with Crippen molar-refractivity contribution in [1.82, 2.24) is 14.8 Å². The largest absolute Gasteiger partial charge is 0.477 e. The number of nitrogens with zero attached hydrogens (tertiary/aromatic N) is 3. The molecule has 0 aromatic carbocycles. The van der Waals surface area contributed by atoms with Crippen LogP contribution in [0.2, 0.25) is 0 Å². The van der Waals surface area contributed by atoms with Gasteiger partial charge in [0.25, 0.3) is 5.82 Å². The van der Waals surface area contributed by atoms with E-state index in [4.69, 9.17) is 9.52 Å². The fraction of sp³-hybridized carbons (Fsp3) is 0.182. The van der Waals surface area contributed by atoms with Crippen molar-refractivity contribution >= 4 is 11.9 Å². The van der Waals surface area contributed by atoms with Gasteiger partial charge in [0.15, 0.2) is 0 Å². The van der Waals surface area contributed by atoms with E-state index in [-0.39, 0.29) is 17.4 Å². The number of nitrogens with one attached hydrogen (secondary N) is 1. The second-order valence-electron chi connectivity index (χ2n) is 4.17. The molecule has 10 heteroatoms. The van der Waals surface area contributed by atoms with E-state index in [1.807, 2.05) is 0 Å². The normalized spacial score (nSPS) is 17.9. The number of rotatable bonds is 2. The van der Waals surface area contributed by atoms with Gasteiger partial charge in [-0.2, -0.15) is 18.2 Å². The number of hydrogen-bond acceptors (Lipinski definition) is 5. The van der Waals surface area contributed by atoms with Crippen molar-refractivity contribution in [3.8, 4) is 0 Å². The number of anilines is 1. The Morgan fingerprint density at radius 2 is 2.24 bits per heavy atom. The number of allylic oxidation sites excluding steroid dienone is 1. The van der Waals surface area contributed by atoms with Gasteiger partial charge in [0.2, 0.25) is 5.95 Å². The molecule has 0 unspecified atom stereocenters. The van der Waals surface area contributed by atoms with Crippen LogP contribution < -0.4 is 5.32 Å². The highest BCUT2D eigenvalue weighted by atomic mass is 19.4. The number of aliphatic carboxylic acids is 1. The average Bonchev–Trinajstić information content (AvgIpc) is 3.05. The number of carboxylic acid groups (broad SMARTS) is 1. The van der Waals surface area contributed by atoms with E-state index in [0.717, 1.165) is 4.68 Å². The molecule has 1 aliphatic heterocycles. The molecule has 0 saturated heterocycles. The number of furan rings is 1. The third-order valence-corrected chi connectivity index (χ3v) is 2.78. The summed E-state index contributed by atoms with van der Waals surface area (Å²) >= 11 is 0. The molecular formula is C11H7F3N4O3. The summed E-state index contributed by atoms with van der Waals surface area (Å²) in [4.78, 5) is 14.3. The summed E-state index contributed by atoms with van der Waals surface area (Å²) in [5.74, 6) is -2.75. The molecule has 0 amide bonds. The van der Waals surface area contributed by atoms with Gasteiger partial charge in [0, 0.05) is 0 Å². The minimum atomic E-state index is -4.73. The summed E-state index contributed by atoms with van der Waals surface area (Å²) in [6.45, 7) is 0. The Morgan fingerprint density at radius 3 is 2.81 bits per heavy atom. The van der Waals surface area contributed by atoms with Crippen molar-refractivity contribution in [2.24, 2.45) is 0 Å². The van der Waals surface area contributed by atoms with Gasteiger partial charge in [0.1, 0.15) is 17.5 Å². The van der Waals surface area contributed by atoms with Crippen LogP contribution in [0.15, 0.2) is 34.6 Å². The first kappa shape index (κ1) is 13.2. The Labute approximate surface area is 114 Å². The highest BCUT2D eigenvalue weighted by molar-refractivity contribution is 5.90. The second-order valence-corrected chi connectivity index (χ2v) is 4.17. The van der Waals surface area contributed by atoms with Gasteiger partial charge in [-0.25, -0.2) is 9.48 Å². The van der Waals surface area contributed by atoms with Crippen LogP contribution in [0.5, 0.6) is 0 Å². The molecule has 1 atom stereocenters. The number of alkyl halides is 3. The molecule has 3 heterocycles. The molecule has 21 heavy (non-hydrogen) atoms. The molecule has 7 nitrogen and oxygen atoms in total. The smallest absolute Gasteiger partial charge is 0.453 e. The van der Waals surface area contributed by atoms with Gasteiger partial charge < -0.3 is 14.8 Å². The monoisotopic (exact) mass is 300 g/mol. The fourth-order valence-corrected chi connectivity index (χ4v) is 1.90. The summed E-state index contributed by atoms with van der Waals surface area (Å²) in [5.41, 5.74) is -0.301. The Kier molecular flexibility index (Phi) is 2.75. The van der Waals surface area contributed by atoms with Crippen LogP contribution in [-0.4, -0.2) is 25.8 Å². The van der Waals surface area contributed by atoms with Crippen molar-refractivity contribution in [1.29, 1.82) is 0 Å². The lowest BCUT2D eigenvalue weighted by Crippen LogP contribution is -2.24. The van der Waals surface area contributed by atoms with Gasteiger partial charge in [-0.1, -0.05) is 0 Å². The van der Waals surface area contributed by atoms with Crippen LogP contribution in [0.1, 0.15) is 17.6 Å². The van der Waals surface area contributed by atoms with Gasteiger partial charge in [-0.3, -0.25) is 0 Å². The van der Waals surface area contributed by atoms with E-state index in [1.165, 1.54) is 24.5 Å². The first-order valence-corrected chi connectivity index (χ1v) is 5.65. The van der Waals surface area contributed by atoms with Crippen molar-refractivity contribution in [3.63, 3.8) is 0 Å².